The lowest BCUT2D eigenvalue weighted by Gasteiger charge is -2.55. The second-order valence-electron chi connectivity index (χ2n) is 12.6. The summed E-state index contributed by atoms with van der Waals surface area (Å²) in [5.74, 6) is -2.10. The van der Waals surface area contributed by atoms with Crippen LogP contribution in [0.1, 0.15) is 58.9 Å². The van der Waals surface area contributed by atoms with E-state index in [1.54, 1.807) is 0 Å². The van der Waals surface area contributed by atoms with Gasteiger partial charge in [0.25, 0.3) is 5.69 Å². The number of nitro groups is 1. The molecule has 1 amide bonds. The fraction of sp³-hybridized carbons (Fsp3) is 0.633. The van der Waals surface area contributed by atoms with Crippen LogP contribution in [0.3, 0.4) is 0 Å². The summed E-state index contributed by atoms with van der Waals surface area (Å²) in [6.07, 6.45) is 4.37. The third-order valence-electron chi connectivity index (χ3n) is 8.84. The molecule has 1 aromatic carbocycles. The monoisotopic (exact) mass is 588 g/mol. The lowest BCUT2D eigenvalue weighted by atomic mass is 9.66. The van der Waals surface area contributed by atoms with Gasteiger partial charge in [0.15, 0.2) is 8.32 Å². The number of likely N-dealkylation sites (tertiary alicyclic amines) is 1. The molecule has 0 N–H and O–H groups in total. The molecule has 41 heavy (non-hydrogen) atoms. The van der Waals surface area contributed by atoms with Crippen molar-refractivity contribution in [3.05, 3.63) is 52.6 Å². The van der Waals surface area contributed by atoms with Crippen molar-refractivity contribution in [2.45, 2.75) is 90.3 Å². The van der Waals surface area contributed by atoms with Crippen molar-refractivity contribution in [2.24, 2.45) is 17.8 Å². The molecule has 1 saturated heterocycles. The highest BCUT2D eigenvalue weighted by Gasteiger charge is 2.57. The Morgan fingerprint density at radius 2 is 1.80 bits per heavy atom. The number of β-lactam (4-membered cyclic amide) rings is 1. The van der Waals surface area contributed by atoms with Gasteiger partial charge in [-0.05, 0) is 61.5 Å². The Balaban J connectivity index is 1.80. The second kappa shape index (κ2) is 13.3. The van der Waals surface area contributed by atoms with Crippen molar-refractivity contribution in [1.82, 2.24) is 4.90 Å². The summed E-state index contributed by atoms with van der Waals surface area (Å²) in [5.41, 5.74) is 0.546. The van der Waals surface area contributed by atoms with Crippen LogP contribution in [-0.2, 0) is 34.9 Å². The lowest BCUT2D eigenvalue weighted by Crippen LogP contribution is -2.70. The Labute approximate surface area is 243 Å². The SMILES string of the molecule is C=CCOC(=O)C1CCCC[C@H]1[C@H]1[C@@H]([C@@H](C)O[Si](C)(C)C(C)(C)C)C(=O)N1CC(=O)OCc1ccc([N+](=O)[O-])cc1. The molecule has 0 bridgehead atoms. The van der Waals surface area contributed by atoms with Gasteiger partial charge in [0.1, 0.15) is 19.8 Å². The molecule has 11 heteroatoms. The lowest BCUT2D eigenvalue weighted by molar-refractivity contribution is -0.384. The molecule has 0 radical (unpaired) electrons. The zero-order valence-electron chi connectivity index (χ0n) is 25.1. The fourth-order valence-electron chi connectivity index (χ4n) is 5.64. The Morgan fingerprint density at radius 3 is 2.39 bits per heavy atom. The van der Waals surface area contributed by atoms with E-state index in [0.29, 0.717) is 12.0 Å². The molecule has 10 nitrogen and oxygen atoms in total. The highest BCUT2D eigenvalue weighted by atomic mass is 28.4. The highest BCUT2D eigenvalue weighted by Crippen LogP contribution is 2.46. The van der Waals surface area contributed by atoms with Crippen LogP contribution in [0.4, 0.5) is 5.69 Å². The number of amides is 1. The first-order valence-corrected chi connectivity index (χ1v) is 17.2. The Kier molecular flexibility index (Phi) is 10.5. The number of esters is 2. The Bertz CT molecular complexity index is 1130. The smallest absolute Gasteiger partial charge is 0.325 e. The van der Waals surface area contributed by atoms with E-state index in [1.807, 2.05) is 6.92 Å². The fourth-order valence-corrected chi connectivity index (χ4v) is 7.07. The van der Waals surface area contributed by atoms with Gasteiger partial charge in [-0.1, -0.05) is 46.3 Å². The highest BCUT2D eigenvalue weighted by molar-refractivity contribution is 6.74. The van der Waals surface area contributed by atoms with Gasteiger partial charge in [0, 0.05) is 12.1 Å². The molecule has 1 saturated carbocycles. The maximum Gasteiger partial charge on any atom is 0.325 e. The van der Waals surface area contributed by atoms with E-state index in [-0.39, 0.29) is 66.3 Å². The summed E-state index contributed by atoms with van der Waals surface area (Å²) in [6, 6.07) is 5.39. The van der Waals surface area contributed by atoms with Crippen LogP contribution in [-0.4, -0.2) is 61.3 Å². The van der Waals surface area contributed by atoms with E-state index in [4.69, 9.17) is 13.9 Å². The first-order chi connectivity index (χ1) is 19.2. The minimum atomic E-state index is -2.20. The largest absolute Gasteiger partial charge is 0.461 e. The zero-order chi connectivity index (χ0) is 30.5. The summed E-state index contributed by atoms with van der Waals surface area (Å²) in [7, 11) is -2.20. The van der Waals surface area contributed by atoms with Gasteiger partial charge in [0.2, 0.25) is 5.91 Å². The predicted octanol–water partition coefficient (Wildman–Crippen LogP) is 5.41. The van der Waals surface area contributed by atoms with Crippen LogP contribution in [0.2, 0.25) is 18.1 Å². The molecule has 1 heterocycles. The van der Waals surface area contributed by atoms with E-state index in [0.717, 1.165) is 19.3 Å². The molecule has 0 spiro atoms. The molecule has 3 rings (SSSR count). The average molecular weight is 589 g/mol. The van der Waals surface area contributed by atoms with Crippen molar-refractivity contribution < 1.29 is 33.2 Å². The number of benzene rings is 1. The van der Waals surface area contributed by atoms with Crippen molar-refractivity contribution in [1.29, 1.82) is 0 Å². The van der Waals surface area contributed by atoms with Crippen molar-refractivity contribution in [3.63, 3.8) is 0 Å². The molecule has 1 aliphatic carbocycles. The van der Waals surface area contributed by atoms with Gasteiger partial charge in [0.05, 0.1) is 28.9 Å². The van der Waals surface area contributed by atoms with Gasteiger partial charge in [-0.25, -0.2) is 0 Å². The van der Waals surface area contributed by atoms with Crippen LogP contribution in [0.5, 0.6) is 0 Å². The summed E-state index contributed by atoms with van der Waals surface area (Å²) in [5, 5.41) is 10.8. The number of carbonyl (C=O) groups excluding carboxylic acids is 3. The third-order valence-corrected chi connectivity index (χ3v) is 13.4. The van der Waals surface area contributed by atoms with E-state index in [1.165, 1.54) is 35.2 Å². The van der Waals surface area contributed by atoms with E-state index in [2.05, 4.69) is 40.4 Å². The topological polar surface area (TPSA) is 125 Å². The summed E-state index contributed by atoms with van der Waals surface area (Å²) < 4.78 is 17.5. The van der Waals surface area contributed by atoms with Crippen LogP contribution < -0.4 is 0 Å². The molecule has 1 aliphatic heterocycles. The van der Waals surface area contributed by atoms with Crippen molar-refractivity contribution in [3.8, 4) is 0 Å². The van der Waals surface area contributed by atoms with E-state index in [9.17, 15) is 24.5 Å². The van der Waals surface area contributed by atoms with Crippen molar-refractivity contribution >= 4 is 31.9 Å². The van der Waals surface area contributed by atoms with Crippen LogP contribution in [0.15, 0.2) is 36.9 Å². The molecule has 0 aromatic heterocycles. The number of nitrogens with zero attached hydrogens (tertiary/aromatic N) is 2. The minimum absolute atomic E-state index is 0.0488. The molecular weight excluding hydrogens is 544 g/mol. The summed E-state index contributed by atoms with van der Waals surface area (Å²) in [6.45, 7) is 16.1. The Hall–Kier alpha value is -3.05. The number of carbonyl (C=O) groups is 3. The molecular formula is C30H44N2O8Si. The normalized spacial score (nSPS) is 23.8. The van der Waals surface area contributed by atoms with Gasteiger partial charge in [-0.2, -0.15) is 0 Å². The number of hydrogen-bond donors (Lipinski definition) is 0. The molecule has 5 atom stereocenters. The Morgan fingerprint density at radius 1 is 1.17 bits per heavy atom. The molecule has 2 aliphatic rings. The maximum atomic E-state index is 13.6. The molecule has 1 unspecified atom stereocenters. The van der Waals surface area contributed by atoms with Gasteiger partial charge in [-0.15, -0.1) is 0 Å². The first kappa shape index (κ1) is 32.5. The maximum absolute atomic E-state index is 13.6. The minimum Gasteiger partial charge on any atom is -0.461 e. The van der Waals surface area contributed by atoms with Crippen LogP contribution in [0, 0.1) is 27.9 Å². The number of non-ortho nitro benzene ring substituents is 1. The quantitative estimate of drug-likeness (QED) is 0.0792. The average Bonchev–Trinajstić information content (AvgIpc) is 2.91. The molecule has 2 fully saturated rings. The van der Waals surface area contributed by atoms with E-state index < -0.39 is 25.1 Å². The predicted molar refractivity (Wildman–Crippen MR) is 156 cm³/mol. The van der Waals surface area contributed by atoms with Gasteiger partial charge >= 0.3 is 11.9 Å². The molecule has 226 valence electrons. The zero-order valence-corrected chi connectivity index (χ0v) is 26.1. The second-order valence-corrected chi connectivity index (χ2v) is 17.4. The van der Waals surface area contributed by atoms with Gasteiger partial charge < -0.3 is 18.8 Å². The third kappa shape index (κ3) is 7.62. The number of nitro benzene ring substituents is 1. The summed E-state index contributed by atoms with van der Waals surface area (Å²) in [4.78, 5) is 51.5. The summed E-state index contributed by atoms with van der Waals surface area (Å²) >= 11 is 0. The van der Waals surface area contributed by atoms with Crippen LogP contribution in [0.25, 0.3) is 0 Å². The standard InChI is InChI=1S/C30H44N2O8Si/c1-8-17-38-29(35)24-12-10-9-11-23(24)27-26(20(2)40-41(6,7)30(3,4)5)28(34)31(27)18-25(33)39-19-21-13-15-22(16-14-21)32(36)37/h8,13-16,20,23-24,26-27H,1,9-12,17-19H2,2-7H3/t20-,23-,24?,26-,27+/m1/s1. The van der Waals surface area contributed by atoms with Gasteiger partial charge in [-0.3, -0.25) is 24.5 Å². The first-order valence-electron chi connectivity index (χ1n) is 14.3. The number of hydrogen-bond acceptors (Lipinski definition) is 8. The number of ether oxygens (including phenoxy) is 2. The molecule has 1 aromatic rings. The van der Waals surface area contributed by atoms with Crippen LogP contribution >= 0.6 is 0 Å². The number of rotatable bonds is 12. The van der Waals surface area contributed by atoms with Crippen molar-refractivity contribution in [2.75, 3.05) is 13.2 Å². The van der Waals surface area contributed by atoms with E-state index >= 15 is 0 Å².